The third-order valence-electron chi connectivity index (χ3n) is 4.48. The molecule has 1 aliphatic heterocycles. The predicted molar refractivity (Wildman–Crippen MR) is 98.2 cm³/mol. The van der Waals surface area contributed by atoms with E-state index in [0.29, 0.717) is 22.8 Å². The third kappa shape index (κ3) is 3.89. The van der Waals surface area contributed by atoms with Gasteiger partial charge in [0.1, 0.15) is 0 Å². The summed E-state index contributed by atoms with van der Waals surface area (Å²) >= 11 is 5.92. The van der Waals surface area contributed by atoms with E-state index in [9.17, 15) is 4.79 Å². The Morgan fingerprint density at radius 3 is 2.54 bits per heavy atom. The predicted octanol–water partition coefficient (Wildman–Crippen LogP) is 3.49. The summed E-state index contributed by atoms with van der Waals surface area (Å²) in [5.74, 6) is -0.126. The number of hydrogen-bond acceptors (Lipinski definition) is 3. The second kappa shape index (κ2) is 7.69. The van der Waals surface area contributed by atoms with Crippen LogP contribution in [-0.4, -0.2) is 30.4 Å². The van der Waals surface area contributed by atoms with Crippen molar-refractivity contribution in [3.05, 3.63) is 64.7 Å². The van der Waals surface area contributed by atoms with Crippen LogP contribution in [0.2, 0.25) is 5.02 Å². The van der Waals surface area contributed by atoms with E-state index in [4.69, 9.17) is 17.3 Å². The fraction of sp³-hybridized carbons (Fsp3) is 0.316. The van der Waals surface area contributed by atoms with Crippen molar-refractivity contribution < 1.29 is 4.79 Å². The fourth-order valence-corrected chi connectivity index (χ4v) is 3.28. The second-order valence-electron chi connectivity index (χ2n) is 6.12. The number of likely N-dealkylation sites (tertiary alicyclic amines) is 1. The molecule has 3 rings (SSSR count). The van der Waals surface area contributed by atoms with E-state index in [-0.39, 0.29) is 11.9 Å². The molecular formula is C19H22ClN3O. The minimum Gasteiger partial charge on any atom is -0.398 e. The number of nitrogen functional groups attached to an aromatic ring is 1. The lowest BCUT2D eigenvalue weighted by Gasteiger charge is -2.28. The minimum atomic E-state index is -0.126. The number of nitrogens with two attached hydrogens (primary N) is 1. The minimum absolute atomic E-state index is 0.126. The maximum absolute atomic E-state index is 12.4. The Hall–Kier alpha value is -2.04. The number of rotatable bonds is 5. The highest BCUT2D eigenvalue weighted by atomic mass is 35.5. The number of carbonyl (C=O) groups is 1. The van der Waals surface area contributed by atoms with E-state index >= 15 is 0 Å². The van der Waals surface area contributed by atoms with E-state index < -0.39 is 0 Å². The van der Waals surface area contributed by atoms with Crippen molar-refractivity contribution in [1.82, 2.24) is 10.2 Å². The maximum atomic E-state index is 12.4. The molecular weight excluding hydrogens is 322 g/mol. The molecule has 1 amide bonds. The highest BCUT2D eigenvalue weighted by Crippen LogP contribution is 2.25. The average molecular weight is 344 g/mol. The lowest BCUT2D eigenvalue weighted by molar-refractivity contribution is 0.0938. The number of hydrogen-bond donors (Lipinski definition) is 2. The molecule has 0 radical (unpaired) electrons. The van der Waals surface area contributed by atoms with Gasteiger partial charge in [-0.2, -0.15) is 0 Å². The summed E-state index contributed by atoms with van der Waals surface area (Å²) in [5.41, 5.74) is 7.97. The first-order chi connectivity index (χ1) is 11.6. The Kier molecular flexibility index (Phi) is 5.38. The summed E-state index contributed by atoms with van der Waals surface area (Å²) in [5, 5.41) is 3.51. The molecule has 0 aliphatic carbocycles. The molecule has 0 spiro atoms. The van der Waals surface area contributed by atoms with Crippen molar-refractivity contribution >= 4 is 23.2 Å². The molecule has 24 heavy (non-hydrogen) atoms. The highest BCUT2D eigenvalue weighted by Gasteiger charge is 2.24. The van der Waals surface area contributed by atoms with E-state index in [2.05, 4.69) is 22.3 Å². The van der Waals surface area contributed by atoms with Crippen LogP contribution in [0.3, 0.4) is 0 Å². The number of halogens is 1. The van der Waals surface area contributed by atoms with Gasteiger partial charge in [0, 0.05) is 12.1 Å². The van der Waals surface area contributed by atoms with Gasteiger partial charge in [-0.25, -0.2) is 0 Å². The number of benzene rings is 2. The lowest BCUT2D eigenvalue weighted by atomic mass is 10.1. The second-order valence-corrected chi connectivity index (χ2v) is 6.52. The van der Waals surface area contributed by atoms with Crippen molar-refractivity contribution in [2.24, 2.45) is 0 Å². The largest absolute Gasteiger partial charge is 0.398 e. The zero-order valence-electron chi connectivity index (χ0n) is 13.5. The highest BCUT2D eigenvalue weighted by molar-refractivity contribution is 6.33. The Morgan fingerprint density at radius 2 is 1.88 bits per heavy atom. The molecule has 0 aromatic heterocycles. The summed E-state index contributed by atoms with van der Waals surface area (Å²) in [7, 11) is 0. The van der Waals surface area contributed by atoms with Gasteiger partial charge in [-0.05, 0) is 49.7 Å². The molecule has 5 heteroatoms. The first kappa shape index (κ1) is 16.8. The van der Waals surface area contributed by atoms with Gasteiger partial charge in [-0.15, -0.1) is 0 Å². The van der Waals surface area contributed by atoms with Crippen LogP contribution < -0.4 is 11.1 Å². The van der Waals surface area contributed by atoms with Crippen LogP contribution in [-0.2, 0) is 0 Å². The summed E-state index contributed by atoms with van der Waals surface area (Å²) in [4.78, 5) is 14.9. The molecule has 2 aromatic carbocycles. The molecule has 1 heterocycles. The smallest absolute Gasteiger partial charge is 0.251 e. The molecule has 3 N–H and O–H groups in total. The molecule has 1 atom stereocenters. The fourth-order valence-electron chi connectivity index (χ4n) is 3.16. The summed E-state index contributed by atoms with van der Waals surface area (Å²) < 4.78 is 0. The van der Waals surface area contributed by atoms with Crippen LogP contribution in [0.4, 0.5) is 5.69 Å². The van der Waals surface area contributed by atoms with Gasteiger partial charge in [0.05, 0.1) is 16.8 Å². The van der Waals surface area contributed by atoms with Gasteiger partial charge < -0.3 is 11.1 Å². The molecule has 0 saturated carbocycles. The first-order valence-electron chi connectivity index (χ1n) is 8.27. The van der Waals surface area contributed by atoms with Crippen LogP contribution in [0.15, 0.2) is 48.5 Å². The Balaban J connectivity index is 1.71. The zero-order chi connectivity index (χ0) is 16.9. The lowest BCUT2D eigenvalue weighted by Crippen LogP contribution is -2.36. The van der Waals surface area contributed by atoms with Crippen molar-refractivity contribution in [3.8, 4) is 0 Å². The SMILES string of the molecule is Nc1cc(C(=O)NCC(c2ccccc2)N2CCCC2)ccc1Cl. The first-order valence-corrected chi connectivity index (χ1v) is 8.65. The van der Waals surface area contributed by atoms with Crippen molar-refractivity contribution in [1.29, 1.82) is 0 Å². The van der Waals surface area contributed by atoms with Crippen LogP contribution in [0.25, 0.3) is 0 Å². The Bertz CT molecular complexity index is 699. The molecule has 1 saturated heterocycles. The molecule has 2 aromatic rings. The van der Waals surface area contributed by atoms with E-state index in [1.165, 1.54) is 18.4 Å². The molecule has 0 bridgehead atoms. The van der Waals surface area contributed by atoms with Crippen LogP contribution in [0, 0.1) is 0 Å². The zero-order valence-corrected chi connectivity index (χ0v) is 14.3. The van der Waals surface area contributed by atoms with Crippen molar-refractivity contribution in [2.45, 2.75) is 18.9 Å². The number of nitrogens with zero attached hydrogens (tertiary/aromatic N) is 1. The molecule has 1 fully saturated rings. The Labute approximate surface area is 147 Å². The summed E-state index contributed by atoms with van der Waals surface area (Å²) in [6.07, 6.45) is 2.43. The number of amides is 1. The van der Waals surface area contributed by atoms with Gasteiger partial charge in [0.2, 0.25) is 0 Å². The van der Waals surface area contributed by atoms with E-state index in [0.717, 1.165) is 13.1 Å². The molecule has 1 aliphatic rings. The van der Waals surface area contributed by atoms with Gasteiger partial charge in [-0.3, -0.25) is 9.69 Å². The van der Waals surface area contributed by atoms with E-state index in [1.54, 1.807) is 18.2 Å². The number of carbonyl (C=O) groups excluding carboxylic acids is 1. The normalized spacial score (nSPS) is 16.0. The summed E-state index contributed by atoms with van der Waals surface area (Å²) in [6, 6.07) is 15.5. The van der Waals surface area contributed by atoms with Gasteiger partial charge in [0.25, 0.3) is 5.91 Å². The topological polar surface area (TPSA) is 58.4 Å². The third-order valence-corrected chi connectivity index (χ3v) is 4.82. The average Bonchev–Trinajstić information content (AvgIpc) is 3.12. The van der Waals surface area contributed by atoms with Crippen LogP contribution in [0.1, 0.15) is 34.8 Å². The Morgan fingerprint density at radius 1 is 1.17 bits per heavy atom. The van der Waals surface area contributed by atoms with Gasteiger partial charge >= 0.3 is 0 Å². The summed E-state index contributed by atoms with van der Waals surface area (Å²) in [6.45, 7) is 2.72. The van der Waals surface area contributed by atoms with Crippen molar-refractivity contribution in [2.75, 3.05) is 25.4 Å². The maximum Gasteiger partial charge on any atom is 0.251 e. The quantitative estimate of drug-likeness (QED) is 0.817. The molecule has 126 valence electrons. The monoisotopic (exact) mass is 343 g/mol. The number of anilines is 1. The van der Waals surface area contributed by atoms with Gasteiger partial charge in [-0.1, -0.05) is 41.9 Å². The van der Waals surface area contributed by atoms with Gasteiger partial charge in [0.15, 0.2) is 0 Å². The van der Waals surface area contributed by atoms with Crippen LogP contribution in [0.5, 0.6) is 0 Å². The molecule has 1 unspecified atom stereocenters. The van der Waals surface area contributed by atoms with Crippen LogP contribution >= 0.6 is 11.6 Å². The standard InChI is InChI=1S/C19H22ClN3O/c20-16-9-8-15(12-17(16)21)19(24)22-13-18(23-10-4-5-11-23)14-6-2-1-3-7-14/h1-3,6-9,12,18H,4-5,10-11,13,21H2,(H,22,24). The number of nitrogens with one attached hydrogen (secondary N) is 1. The van der Waals surface area contributed by atoms with E-state index in [1.807, 2.05) is 18.2 Å². The van der Waals surface area contributed by atoms with Crippen molar-refractivity contribution in [3.63, 3.8) is 0 Å². The molecule has 4 nitrogen and oxygen atoms in total.